The van der Waals surface area contributed by atoms with Gasteiger partial charge in [0, 0.05) is 41.6 Å². The van der Waals surface area contributed by atoms with Crippen LogP contribution in [0.2, 0.25) is 5.02 Å². The van der Waals surface area contributed by atoms with Crippen LogP contribution < -0.4 is 24.6 Å². The van der Waals surface area contributed by atoms with E-state index >= 15 is 0 Å². The number of rotatable bonds is 7. The second-order valence-electron chi connectivity index (χ2n) is 7.37. The van der Waals surface area contributed by atoms with Crippen molar-refractivity contribution < 1.29 is 9.47 Å². The van der Waals surface area contributed by atoms with Crippen molar-refractivity contribution in [2.45, 2.75) is 0 Å². The van der Waals surface area contributed by atoms with Gasteiger partial charge in [-0.25, -0.2) is 14.9 Å². The highest BCUT2D eigenvalue weighted by Gasteiger charge is 2.22. The maximum absolute atomic E-state index is 8.99. The molecule has 0 fully saturated rings. The number of aromatic nitrogens is 3. The summed E-state index contributed by atoms with van der Waals surface area (Å²) >= 11 is 6.18. The standard InChI is InChI=1S/C25H24ClN7O2/c1-32(20-11-7-8-17(26)12-20)23(27)33(19-9-5-4-6-10-19)25-29-16-28-24(31-25)30-18-13-21(34-2)15-22(14-18)35-3/h4-16,27H,1-3H3,(H,28,29,30,31). The second kappa shape index (κ2) is 10.7. The third kappa shape index (κ3) is 5.59. The molecule has 0 radical (unpaired) electrons. The molecule has 0 unspecified atom stereocenters. The van der Waals surface area contributed by atoms with Crippen molar-refractivity contribution in [1.82, 2.24) is 15.0 Å². The normalized spacial score (nSPS) is 10.4. The number of para-hydroxylation sites is 1. The summed E-state index contributed by atoms with van der Waals surface area (Å²) in [6.07, 6.45) is 1.39. The minimum absolute atomic E-state index is 0.124. The lowest BCUT2D eigenvalue weighted by Crippen LogP contribution is -2.40. The van der Waals surface area contributed by atoms with Crippen LogP contribution in [-0.4, -0.2) is 42.2 Å². The summed E-state index contributed by atoms with van der Waals surface area (Å²) in [5.74, 6) is 1.93. The van der Waals surface area contributed by atoms with E-state index in [2.05, 4.69) is 20.3 Å². The SMILES string of the molecule is COc1cc(Nc2ncnc(N(C(=N)N(C)c3cccc(Cl)c3)c3ccccc3)n2)cc(OC)c1. The molecular weight excluding hydrogens is 466 g/mol. The van der Waals surface area contributed by atoms with E-state index in [1.54, 1.807) is 61.4 Å². The van der Waals surface area contributed by atoms with Crippen molar-refractivity contribution in [2.24, 2.45) is 0 Å². The first-order valence-electron chi connectivity index (χ1n) is 10.6. The molecule has 4 aromatic rings. The molecule has 2 N–H and O–H groups in total. The molecule has 0 aliphatic carbocycles. The quantitative estimate of drug-likeness (QED) is 0.259. The number of hydrogen-bond acceptors (Lipinski definition) is 7. The number of anilines is 5. The molecule has 10 heteroatoms. The van der Waals surface area contributed by atoms with E-state index in [4.69, 9.17) is 26.5 Å². The highest BCUT2D eigenvalue weighted by Crippen LogP contribution is 2.29. The smallest absolute Gasteiger partial charge is 0.241 e. The summed E-state index contributed by atoms with van der Waals surface area (Å²) in [5.41, 5.74) is 2.14. The fraction of sp³-hybridized carbons (Fsp3) is 0.120. The van der Waals surface area contributed by atoms with Gasteiger partial charge in [-0.3, -0.25) is 5.41 Å². The summed E-state index contributed by atoms with van der Waals surface area (Å²) in [7, 11) is 4.95. The van der Waals surface area contributed by atoms with E-state index < -0.39 is 0 Å². The van der Waals surface area contributed by atoms with Gasteiger partial charge in [-0.15, -0.1) is 0 Å². The van der Waals surface area contributed by atoms with E-state index in [0.29, 0.717) is 33.8 Å². The van der Waals surface area contributed by atoms with E-state index in [1.165, 1.54) is 6.33 Å². The molecule has 1 heterocycles. The van der Waals surface area contributed by atoms with Gasteiger partial charge in [0.05, 0.1) is 19.9 Å². The Kier molecular flexibility index (Phi) is 7.27. The summed E-state index contributed by atoms with van der Waals surface area (Å²) in [5, 5.41) is 12.7. The lowest BCUT2D eigenvalue weighted by atomic mass is 10.2. The first-order chi connectivity index (χ1) is 17.0. The van der Waals surface area contributed by atoms with Crippen molar-refractivity contribution in [1.29, 1.82) is 5.41 Å². The number of guanidine groups is 1. The molecule has 178 valence electrons. The molecule has 9 nitrogen and oxygen atoms in total. The molecule has 0 saturated heterocycles. The monoisotopic (exact) mass is 489 g/mol. The Balaban J connectivity index is 1.70. The highest BCUT2D eigenvalue weighted by atomic mass is 35.5. The van der Waals surface area contributed by atoms with Crippen LogP contribution in [0, 0.1) is 5.41 Å². The van der Waals surface area contributed by atoms with Crippen molar-refractivity contribution in [3.63, 3.8) is 0 Å². The molecule has 1 aromatic heterocycles. The largest absolute Gasteiger partial charge is 0.497 e. The number of hydrogen-bond donors (Lipinski definition) is 2. The van der Waals surface area contributed by atoms with Crippen LogP contribution in [0.5, 0.6) is 11.5 Å². The van der Waals surface area contributed by atoms with E-state index in [9.17, 15) is 0 Å². The topological polar surface area (TPSA) is 99.5 Å². The fourth-order valence-electron chi connectivity index (χ4n) is 3.33. The lowest BCUT2D eigenvalue weighted by molar-refractivity contribution is 0.395. The Morgan fingerprint density at radius 1 is 0.886 bits per heavy atom. The zero-order valence-corrected chi connectivity index (χ0v) is 20.2. The van der Waals surface area contributed by atoms with Gasteiger partial charge in [-0.1, -0.05) is 35.9 Å². The number of nitrogens with one attached hydrogen (secondary N) is 2. The Morgan fingerprint density at radius 3 is 2.23 bits per heavy atom. The maximum atomic E-state index is 8.99. The molecule has 35 heavy (non-hydrogen) atoms. The number of ether oxygens (including phenoxy) is 2. The van der Waals surface area contributed by atoms with Gasteiger partial charge in [0.15, 0.2) is 0 Å². The van der Waals surface area contributed by atoms with Crippen LogP contribution in [0.3, 0.4) is 0 Å². The van der Waals surface area contributed by atoms with Crippen molar-refractivity contribution in [2.75, 3.05) is 36.4 Å². The van der Waals surface area contributed by atoms with Crippen LogP contribution in [0.1, 0.15) is 0 Å². The van der Waals surface area contributed by atoms with Crippen molar-refractivity contribution in [3.8, 4) is 11.5 Å². The average molecular weight is 490 g/mol. The van der Waals surface area contributed by atoms with E-state index in [1.807, 2.05) is 42.5 Å². The summed E-state index contributed by atoms with van der Waals surface area (Å²) in [6, 6.07) is 22.1. The minimum Gasteiger partial charge on any atom is -0.497 e. The van der Waals surface area contributed by atoms with Gasteiger partial charge in [-0.05, 0) is 30.3 Å². The lowest BCUT2D eigenvalue weighted by Gasteiger charge is -2.29. The minimum atomic E-state index is 0.124. The van der Waals surface area contributed by atoms with Gasteiger partial charge in [0.1, 0.15) is 17.8 Å². The average Bonchev–Trinajstić information content (AvgIpc) is 2.89. The predicted octanol–water partition coefficient (Wildman–Crippen LogP) is 5.50. The highest BCUT2D eigenvalue weighted by molar-refractivity contribution is 6.31. The molecule has 0 saturated carbocycles. The number of benzene rings is 3. The maximum Gasteiger partial charge on any atom is 0.241 e. The molecule has 0 atom stereocenters. The summed E-state index contributed by atoms with van der Waals surface area (Å²) < 4.78 is 10.7. The van der Waals surface area contributed by atoms with Crippen LogP contribution in [-0.2, 0) is 0 Å². The first-order valence-corrected chi connectivity index (χ1v) is 11.0. The molecule has 0 amide bonds. The van der Waals surface area contributed by atoms with Crippen LogP contribution >= 0.6 is 11.6 Å². The molecular formula is C25H24ClN7O2. The summed E-state index contributed by atoms with van der Waals surface area (Å²) in [4.78, 5) is 16.5. The third-order valence-electron chi connectivity index (χ3n) is 5.11. The molecule has 0 bridgehead atoms. The third-order valence-corrected chi connectivity index (χ3v) is 5.34. The Morgan fingerprint density at radius 2 is 1.57 bits per heavy atom. The zero-order chi connectivity index (χ0) is 24.8. The predicted molar refractivity (Wildman–Crippen MR) is 139 cm³/mol. The van der Waals surface area contributed by atoms with Gasteiger partial charge in [-0.2, -0.15) is 4.98 Å². The Labute approximate surface area is 208 Å². The number of methoxy groups -OCH3 is 2. The van der Waals surface area contributed by atoms with Crippen LogP contribution in [0.4, 0.5) is 29.0 Å². The van der Waals surface area contributed by atoms with Crippen LogP contribution in [0.25, 0.3) is 0 Å². The van der Waals surface area contributed by atoms with Gasteiger partial charge >= 0.3 is 0 Å². The fourth-order valence-corrected chi connectivity index (χ4v) is 3.52. The Hall–Kier alpha value is -4.37. The summed E-state index contributed by atoms with van der Waals surface area (Å²) in [6.45, 7) is 0. The molecule has 3 aromatic carbocycles. The second-order valence-corrected chi connectivity index (χ2v) is 7.81. The number of nitrogens with zero attached hydrogens (tertiary/aromatic N) is 5. The van der Waals surface area contributed by atoms with Gasteiger partial charge in [0.25, 0.3) is 0 Å². The molecule has 0 aliphatic rings. The molecule has 0 spiro atoms. The van der Waals surface area contributed by atoms with Gasteiger partial charge in [0.2, 0.25) is 17.9 Å². The van der Waals surface area contributed by atoms with E-state index in [0.717, 1.165) is 5.69 Å². The van der Waals surface area contributed by atoms with E-state index in [-0.39, 0.29) is 11.9 Å². The molecule has 0 aliphatic heterocycles. The van der Waals surface area contributed by atoms with Crippen molar-refractivity contribution >= 4 is 46.5 Å². The van der Waals surface area contributed by atoms with Crippen molar-refractivity contribution in [3.05, 3.63) is 84.1 Å². The number of halogens is 1. The van der Waals surface area contributed by atoms with Crippen LogP contribution in [0.15, 0.2) is 79.1 Å². The molecule has 4 rings (SSSR count). The zero-order valence-electron chi connectivity index (χ0n) is 19.4. The van der Waals surface area contributed by atoms with Gasteiger partial charge < -0.3 is 19.7 Å². The first kappa shape index (κ1) is 23.8. The Bertz CT molecular complexity index is 1300.